The van der Waals surface area contributed by atoms with Gasteiger partial charge in [-0.05, 0) is 35.6 Å². The molecule has 0 N–H and O–H groups in total. The summed E-state index contributed by atoms with van der Waals surface area (Å²) in [5, 5.41) is 0. The summed E-state index contributed by atoms with van der Waals surface area (Å²) in [4.78, 5) is 30.5. The van der Waals surface area contributed by atoms with E-state index in [1.807, 2.05) is 84.9 Å². The largest absolute Gasteiger partial charge is 0.447 e. The Morgan fingerprint density at radius 1 is 0.795 bits per heavy atom. The van der Waals surface area contributed by atoms with Gasteiger partial charge >= 0.3 is 6.09 Å². The molecule has 5 rings (SSSR count). The fourth-order valence-electron chi connectivity index (χ4n) is 5.40. The molecular formula is C34H34N2O3. The van der Waals surface area contributed by atoms with Gasteiger partial charge in [0.2, 0.25) is 5.91 Å². The number of amides is 2. The number of imide groups is 1. The van der Waals surface area contributed by atoms with Crippen molar-refractivity contribution < 1.29 is 14.3 Å². The number of benzene rings is 4. The number of cyclic esters (lactones) is 1. The molecule has 1 heterocycles. The summed E-state index contributed by atoms with van der Waals surface area (Å²) < 4.78 is 5.38. The highest BCUT2D eigenvalue weighted by Gasteiger charge is 2.40. The molecule has 0 bridgehead atoms. The van der Waals surface area contributed by atoms with Crippen LogP contribution in [0.15, 0.2) is 121 Å². The van der Waals surface area contributed by atoms with E-state index in [9.17, 15) is 9.59 Å². The van der Waals surface area contributed by atoms with Gasteiger partial charge in [-0.2, -0.15) is 0 Å². The van der Waals surface area contributed by atoms with Crippen LogP contribution in [0.5, 0.6) is 0 Å². The highest BCUT2D eigenvalue weighted by Crippen LogP contribution is 2.35. The van der Waals surface area contributed by atoms with Gasteiger partial charge in [0.05, 0.1) is 6.04 Å². The van der Waals surface area contributed by atoms with Crippen molar-refractivity contribution in [2.24, 2.45) is 0 Å². The Hall–Kier alpha value is -4.22. The fourth-order valence-corrected chi connectivity index (χ4v) is 5.40. The van der Waals surface area contributed by atoms with Crippen LogP contribution in [0, 0.1) is 0 Å². The van der Waals surface area contributed by atoms with Crippen molar-refractivity contribution >= 4 is 12.0 Å². The molecule has 2 amide bonds. The standard InChI is InChI=1S/C34H34N2O3/c1-26(29-18-10-4-11-19-29)35(24-28-16-8-3-9-17-28)32(30-20-12-5-13-21-30)23-33(37)36-31(25-39-34(36)38)22-27-14-6-2-7-15-27/h2-21,26,31-32H,22-25H2,1H3/t26-,31+,32+/m1/s1. The molecule has 198 valence electrons. The van der Waals surface area contributed by atoms with Crippen LogP contribution in [-0.2, 0) is 22.5 Å². The van der Waals surface area contributed by atoms with Crippen molar-refractivity contribution in [2.45, 2.75) is 44.4 Å². The minimum Gasteiger partial charge on any atom is -0.447 e. The van der Waals surface area contributed by atoms with Crippen LogP contribution in [-0.4, -0.2) is 34.4 Å². The van der Waals surface area contributed by atoms with Gasteiger partial charge in [0.15, 0.2) is 0 Å². The predicted octanol–water partition coefficient (Wildman–Crippen LogP) is 6.97. The van der Waals surface area contributed by atoms with Crippen LogP contribution in [0.25, 0.3) is 0 Å². The number of ether oxygens (including phenoxy) is 1. The maximum atomic E-state index is 14.0. The van der Waals surface area contributed by atoms with Crippen LogP contribution in [0.1, 0.15) is 47.7 Å². The number of rotatable bonds is 10. The normalized spacial score (nSPS) is 16.6. The third kappa shape index (κ3) is 6.44. The minimum absolute atomic E-state index is 0.0232. The van der Waals surface area contributed by atoms with Crippen molar-refractivity contribution in [2.75, 3.05) is 6.61 Å². The summed E-state index contributed by atoms with van der Waals surface area (Å²) in [5.41, 5.74) is 4.44. The second kappa shape index (κ2) is 12.5. The van der Waals surface area contributed by atoms with Crippen LogP contribution in [0.2, 0.25) is 0 Å². The van der Waals surface area contributed by atoms with Crippen LogP contribution < -0.4 is 0 Å². The van der Waals surface area contributed by atoms with E-state index in [1.165, 1.54) is 10.5 Å². The smallest absolute Gasteiger partial charge is 0.416 e. The number of hydrogen-bond acceptors (Lipinski definition) is 4. The lowest BCUT2D eigenvalue weighted by Crippen LogP contribution is -2.42. The Kier molecular flexibility index (Phi) is 8.49. The molecule has 1 aliphatic rings. The van der Waals surface area contributed by atoms with Gasteiger partial charge in [-0.3, -0.25) is 9.69 Å². The van der Waals surface area contributed by atoms with E-state index in [1.54, 1.807) is 0 Å². The molecule has 5 nitrogen and oxygen atoms in total. The third-order valence-corrected chi connectivity index (χ3v) is 7.48. The Labute approximate surface area is 230 Å². The van der Waals surface area contributed by atoms with E-state index in [2.05, 4.69) is 48.2 Å². The Bertz CT molecular complexity index is 1350. The molecule has 39 heavy (non-hydrogen) atoms. The van der Waals surface area contributed by atoms with Crippen LogP contribution in [0.4, 0.5) is 4.79 Å². The van der Waals surface area contributed by atoms with Crippen molar-refractivity contribution in [1.29, 1.82) is 0 Å². The molecule has 3 atom stereocenters. The SMILES string of the molecule is C[C@H](c1ccccc1)N(Cc1ccccc1)[C@@H](CC(=O)N1C(=O)OC[C@@H]1Cc1ccccc1)c1ccccc1. The van der Waals surface area contributed by atoms with Crippen molar-refractivity contribution in [3.8, 4) is 0 Å². The van der Waals surface area contributed by atoms with Gasteiger partial charge in [-0.1, -0.05) is 121 Å². The first-order valence-corrected chi connectivity index (χ1v) is 13.5. The minimum atomic E-state index is -0.557. The zero-order valence-electron chi connectivity index (χ0n) is 22.2. The second-order valence-electron chi connectivity index (χ2n) is 10.1. The lowest BCUT2D eigenvalue weighted by Gasteiger charge is -2.37. The summed E-state index contributed by atoms with van der Waals surface area (Å²) in [6.07, 6.45) is 0.176. The van der Waals surface area contributed by atoms with E-state index in [4.69, 9.17) is 4.74 Å². The van der Waals surface area contributed by atoms with Gasteiger partial charge in [0.25, 0.3) is 0 Å². The van der Waals surface area contributed by atoms with Gasteiger partial charge < -0.3 is 4.74 Å². The summed E-state index contributed by atoms with van der Waals surface area (Å²) in [5.74, 6) is -0.217. The fraction of sp³-hybridized carbons (Fsp3) is 0.235. The third-order valence-electron chi connectivity index (χ3n) is 7.48. The lowest BCUT2D eigenvalue weighted by molar-refractivity contribution is -0.131. The first kappa shape index (κ1) is 26.4. The molecular weight excluding hydrogens is 484 g/mol. The van der Waals surface area contributed by atoms with E-state index in [-0.39, 0.29) is 37.1 Å². The first-order chi connectivity index (χ1) is 19.1. The maximum Gasteiger partial charge on any atom is 0.416 e. The van der Waals surface area contributed by atoms with E-state index < -0.39 is 6.09 Å². The second-order valence-corrected chi connectivity index (χ2v) is 10.1. The molecule has 1 saturated heterocycles. The Balaban J connectivity index is 1.47. The molecule has 1 aliphatic heterocycles. The van der Waals surface area contributed by atoms with Crippen molar-refractivity contribution in [3.63, 3.8) is 0 Å². The monoisotopic (exact) mass is 518 g/mol. The van der Waals surface area contributed by atoms with Gasteiger partial charge in [0, 0.05) is 25.0 Å². The van der Waals surface area contributed by atoms with Crippen molar-refractivity contribution in [3.05, 3.63) is 144 Å². The molecule has 0 radical (unpaired) electrons. The molecule has 4 aromatic rings. The number of carbonyl (C=O) groups is 2. The summed E-state index contributed by atoms with van der Waals surface area (Å²) >= 11 is 0. The predicted molar refractivity (Wildman–Crippen MR) is 153 cm³/mol. The Morgan fingerprint density at radius 2 is 1.31 bits per heavy atom. The topological polar surface area (TPSA) is 49.9 Å². The van der Waals surface area contributed by atoms with E-state index in [0.717, 1.165) is 16.7 Å². The first-order valence-electron chi connectivity index (χ1n) is 13.5. The summed E-state index contributed by atoms with van der Waals surface area (Å²) in [7, 11) is 0. The molecule has 0 aromatic heterocycles. The quantitative estimate of drug-likeness (QED) is 0.227. The molecule has 4 aromatic carbocycles. The average Bonchev–Trinajstić information content (AvgIpc) is 3.36. The van der Waals surface area contributed by atoms with E-state index >= 15 is 0 Å². The zero-order chi connectivity index (χ0) is 27.0. The van der Waals surface area contributed by atoms with Gasteiger partial charge in [-0.25, -0.2) is 9.69 Å². The van der Waals surface area contributed by atoms with Crippen LogP contribution >= 0.6 is 0 Å². The number of hydrogen-bond donors (Lipinski definition) is 0. The average molecular weight is 519 g/mol. The van der Waals surface area contributed by atoms with Crippen molar-refractivity contribution in [1.82, 2.24) is 9.80 Å². The van der Waals surface area contributed by atoms with Gasteiger partial charge in [-0.15, -0.1) is 0 Å². The molecule has 0 saturated carbocycles. The molecule has 5 heteroatoms. The zero-order valence-corrected chi connectivity index (χ0v) is 22.2. The number of nitrogens with zero attached hydrogens (tertiary/aromatic N) is 2. The Morgan fingerprint density at radius 3 is 1.90 bits per heavy atom. The molecule has 1 fully saturated rings. The van der Waals surface area contributed by atoms with Gasteiger partial charge in [0.1, 0.15) is 6.61 Å². The highest BCUT2D eigenvalue weighted by molar-refractivity contribution is 5.94. The summed E-state index contributed by atoms with van der Waals surface area (Å²) in [6.45, 7) is 3.05. The molecule has 0 spiro atoms. The van der Waals surface area contributed by atoms with E-state index in [0.29, 0.717) is 13.0 Å². The van der Waals surface area contributed by atoms with Crippen LogP contribution in [0.3, 0.4) is 0 Å². The maximum absolute atomic E-state index is 14.0. The summed E-state index contributed by atoms with van der Waals surface area (Å²) in [6, 6.07) is 40.2. The molecule has 0 unspecified atom stereocenters. The highest BCUT2D eigenvalue weighted by atomic mass is 16.6. The number of carbonyl (C=O) groups excluding carboxylic acids is 2. The lowest BCUT2D eigenvalue weighted by atomic mass is 9.95. The molecule has 0 aliphatic carbocycles.